The van der Waals surface area contributed by atoms with Crippen LogP contribution in [-0.4, -0.2) is 9.55 Å². The summed E-state index contributed by atoms with van der Waals surface area (Å²) in [6.07, 6.45) is 0.874. The number of benzene rings is 2. The Morgan fingerprint density at radius 3 is 2.70 bits per heavy atom. The third kappa shape index (κ3) is 2.14. The quantitative estimate of drug-likeness (QED) is 0.742. The molecule has 0 saturated heterocycles. The minimum atomic E-state index is 0.648. The van der Waals surface area contributed by atoms with Crippen molar-refractivity contribution in [3.8, 4) is 0 Å². The Kier molecular flexibility index (Phi) is 3.36. The molecule has 2 N–H and O–H groups in total. The van der Waals surface area contributed by atoms with E-state index in [4.69, 9.17) is 17.3 Å². The van der Waals surface area contributed by atoms with Gasteiger partial charge in [-0.2, -0.15) is 0 Å². The van der Waals surface area contributed by atoms with Crippen molar-refractivity contribution in [2.45, 2.75) is 19.9 Å². The molecule has 0 saturated carbocycles. The molecule has 0 unspecified atom stereocenters. The van der Waals surface area contributed by atoms with Crippen molar-refractivity contribution >= 4 is 28.3 Å². The van der Waals surface area contributed by atoms with Gasteiger partial charge in [0.2, 0.25) is 0 Å². The van der Waals surface area contributed by atoms with Crippen LogP contribution in [0.2, 0.25) is 5.02 Å². The molecule has 0 spiro atoms. The van der Waals surface area contributed by atoms with Crippen LogP contribution in [-0.2, 0) is 13.0 Å². The van der Waals surface area contributed by atoms with Crippen LogP contribution in [0.15, 0.2) is 42.5 Å². The Bertz CT molecular complexity index is 741. The lowest BCUT2D eigenvalue weighted by Crippen LogP contribution is -2.07. The van der Waals surface area contributed by atoms with Gasteiger partial charge in [0.05, 0.1) is 17.6 Å². The molecule has 2 aromatic carbocycles. The van der Waals surface area contributed by atoms with Gasteiger partial charge in [0.1, 0.15) is 5.82 Å². The highest BCUT2D eigenvalue weighted by Crippen LogP contribution is 2.26. The third-order valence-electron chi connectivity index (χ3n) is 3.52. The molecule has 0 aliphatic heterocycles. The van der Waals surface area contributed by atoms with Crippen LogP contribution in [0.25, 0.3) is 11.0 Å². The van der Waals surface area contributed by atoms with Gasteiger partial charge in [-0.3, -0.25) is 0 Å². The van der Waals surface area contributed by atoms with Gasteiger partial charge < -0.3 is 10.3 Å². The molecule has 0 aliphatic carbocycles. The highest BCUT2D eigenvalue weighted by atomic mass is 35.5. The number of hydrogen-bond donors (Lipinski definition) is 1. The Labute approximate surface area is 123 Å². The largest absolute Gasteiger partial charge is 0.398 e. The van der Waals surface area contributed by atoms with Crippen LogP contribution in [0.1, 0.15) is 18.3 Å². The second-order valence-corrected chi connectivity index (χ2v) is 5.17. The normalized spacial score (nSPS) is 11.1. The summed E-state index contributed by atoms with van der Waals surface area (Å²) in [6.45, 7) is 2.75. The topological polar surface area (TPSA) is 43.8 Å². The summed E-state index contributed by atoms with van der Waals surface area (Å²) in [6, 6.07) is 13.8. The fourth-order valence-corrected chi connectivity index (χ4v) is 2.71. The van der Waals surface area contributed by atoms with Crippen LogP contribution >= 0.6 is 11.6 Å². The van der Waals surface area contributed by atoms with Crippen LogP contribution in [0.4, 0.5) is 5.69 Å². The van der Waals surface area contributed by atoms with E-state index in [-0.39, 0.29) is 0 Å². The number of nitrogen functional groups attached to an aromatic ring is 1. The van der Waals surface area contributed by atoms with Crippen molar-refractivity contribution < 1.29 is 0 Å². The molecule has 0 amide bonds. The van der Waals surface area contributed by atoms with Crippen molar-refractivity contribution in [2.24, 2.45) is 0 Å². The van der Waals surface area contributed by atoms with Gasteiger partial charge in [0, 0.05) is 22.7 Å². The zero-order valence-electron chi connectivity index (χ0n) is 11.3. The zero-order valence-corrected chi connectivity index (χ0v) is 12.1. The van der Waals surface area contributed by atoms with Gasteiger partial charge in [0.15, 0.2) is 0 Å². The summed E-state index contributed by atoms with van der Waals surface area (Å²) >= 11 is 6.28. The minimum absolute atomic E-state index is 0.648. The lowest BCUT2D eigenvalue weighted by molar-refractivity contribution is 0.754. The van der Waals surface area contributed by atoms with E-state index in [1.807, 2.05) is 36.4 Å². The molecule has 3 nitrogen and oxygen atoms in total. The fraction of sp³-hybridized carbons (Fsp3) is 0.188. The fourth-order valence-electron chi connectivity index (χ4n) is 2.47. The number of imidazole rings is 1. The first-order chi connectivity index (χ1) is 9.70. The maximum atomic E-state index is 6.28. The number of fused-ring (bicyclic) bond motifs is 1. The lowest BCUT2D eigenvalue weighted by atomic mass is 10.1. The van der Waals surface area contributed by atoms with E-state index in [2.05, 4.69) is 22.5 Å². The molecule has 1 heterocycles. The highest BCUT2D eigenvalue weighted by Gasteiger charge is 2.12. The minimum Gasteiger partial charge on any atom is -0.398 e. The van der Waals surface area contributed by atoms with E-state index in [1.54, 1.807) is 0 Å². The van der Waals surface area contributed by atoms with Crippen molar-refractivity contribution in [3.05, 3.63) is 58.9 Å². The number of halogens is 1. The molecule has 4 heteroatoms. The lowest BCUT2D eigenvalue weighted by Gasteiger charge is -2.12. The predicted octanol–water partition coefficient (Wildman–Crippen LogP) is 3.88. The van der Waals surface area contributed by atoms with Crippen LogP contribution in [0, 0.1) is 0 Å². The number of rotatable bonds is 3. The van der Waals surface area contributed by atoms with E-state index in [0.29, 0.717) is 11.6 Å². The highest BCUT2D eigenvalue weighted by molar-refractivity contribution is 6.31. The SMILES string of the molecule is CCc1nc2ccccc2n1Cc1c(N)cccc1Cl. The summed E-state index contributed by atoms with van der Waals surface area (Å²) < 4.78 is 2.19. The van der Waals surface area contributed by atoms with E-state index in [9.17, 15) is 0 Å². The van der Waals surface area contributed by atoms with Crippen molar-refractivity contribution in [1.82, 2.24) is 9.55 Å². The molecule has 0 bridgehead atoms. The van der Waals surface area contributed by atoms with Crippen LogP contribution in [0.3, 0.4) is 0 Å². The number of para-hydroxylation sites is 2. The third-order valence-corrected chi connectivity index (χ3v) is 3.88. The number of aryl methyl sites for hydroxylation is 1. The second kappa shape index (κ2) is 5.17. The molecule has 1 aromatic heterocycles. The Morgan fingerprint density at radius 1 is 1.15 bits per heavy atom. The van der Waals surface area contributed by atoms with Gasteiger partial charge in [0.25, 0.3) is 0 Å². The average Bonchev–Trinajstić information content (AvgIpc) is 2.81. The van der Waals surface area contributed by atoms with Crippen molar-refractivity contribution in [3.63, 3.8) is 0 Å². The second-order valence-electron chi connectivity index (χ2n) is 4.76. The van der Waals surface area contributed by atoms with Gasteiger partial charge in [-0.15, -0.1) is 0 Å². The zero-order chi connectivity index (χ0) is 14.1. The number of nitrogens with zero attached hydrogens (tertiary/aromatic N) is 2. The first-order valence-corrected chi connectivity index (χ1v) is 7.05. The predicted molar refractivity (Wildman–Crippen MR) is 84.1 cm³/mol. The van der Waals surface area contributed by atoms with Crippen LogP contribution < -0.4 is 5.73 Å². The maximum absolute atomic E-state index is 6.28. The van der Waals surface area contributed by atoms with Crippen molar-refractivity contribution in [1.29, 1.82) is 0 Å². The van der Waals surface area contributed by atoms with Gasteiger partial charge in [-0.25, -0.2) is 4.98 Å². The molecule has 3 rings (SSSR count). The Balaban J connectivity index is 2.15. The summed E-state index contributed by atoms with van der Waals surface area (Å²) in [5, 5.41) is 0.699. The van der Waals surface area contributed by atoms with E-state index < -0.39 is 0 Å². The van der Waals surface area contributed by atoms with Crippen molar-refractivity contribution in [2.75, 3.05) is 5.73 Å². The monoisotopic (exact) mass is 285 g/mol. The summed E-state index contributed by atoms with van der Waals surface area (Å²) in [5.41, 5.74) is 9.85. The van der Waals surface area contributed by atoms with Crippen LogP contribution in [0.5, 0.6) is 0 Å². The molecular formula is C16H16ClN3. The smallest absolute Gasteiger partial charge is 0.109 e. The Morgan fingerprint density at radius 2 is 1.95 bits per heavy atom. The molecular weight excluding hydrogens is 270 g/mol. The average molecular weight is 286 g/mol. The van der Waals surface area contributed by atoms with Gasteiger partial charge in [-0.1, -0.05) is 36.7 Å². The number of anilines is 1. The molecule has 0 radical (unpaired) electrons. The summed E-state index contributed by atoms with van der Waals surface area (Å²) in [4.78, 5) is 4.67. The van der Waals surface area contributed by atoms with E-state index >= 15 is 0 Å². The molecule has 20 heavy (non-hydrogen) atoms. The molecule has 0 aliphatic rings. The molecule has 0 fully saturated rings. The van der Waals surface area contributed by atoms with Gasteiger partial charge >= 0.3 is 0 Å². The standard InChI is InChI=1S/C16H16ClN3/c1-2-16-19-14-8-3-4-9-15(14)20(16)10-11-12(17)6-5-7-13(11)18/h3-9H,2,10,18H2,1H3. The van der Waals surface area contributed by atoms with Gasteiger partial charge in [-0.05, 0) is 24.3 Å². The Hall–Kier alpha value is -2.00. The first-order valence-electron chi connectivity index (χ1n) is 6.67. The van der Waals surface area contributed by atoms with E-state index in [0.717, 1.165) is 34.5 Å². The summed E-state index contributed by atoms with van der Waals surface area (Å²) in [5.74, 6) is 1.05. The summed E-state index contributed by atoms with van der Waals surface area (Å²) in [7, 11) is 0. The number of hydrogen-bond acceptors (Lipinski definition) is 2. The number of nitrogens with two attached hydrogens (primary N) is 1. The van der Waals surface area contributed by atoms with E-state index in [1.165, 1.54) is 0 Å². The molecule has 0 atom stereocenters. The molecule has 3 aromatic rings. The molecule has 102 valence electrons. The number of aromatic nitrogens is 2. The maximum Gasteiger partial charge on any atom is 0.109 e. The first kappa shape index (κ1) is 13.0.